The summed E-state index contributed by atoms with van der Waals surface area (Å²) < 4.78 is 0. The van der Waals surface area contributed by atoms with E-state index in [4.69, 9.17) is 5.73 Å². The van der Waals surface area contributed by atoms with Crippen molar-refractivity contribution in [2.24, 2.45) is 11.7 Å². The highest BCUT2D eigenvalue weighted by Gasteiger charge is 2.18. The van der Waals surface area contributed by atoms with Gasteiger partial charge in [-0.05, 0) is 43.5 Å². The van der Waals surface area contributed by atoms with Gasteiger partial charge in [0, 0.05) is 30.4 Å². The van der Waals surface area contributed by atoms with E-state index in [-0.39, 0.29) is 0 Å². The van der Waals surface area contributed by atoms with Gasteiger partial charge in [-0.2, -0.15) is 0 Å². The number of hydrogen-bond donors (Lipinski definition) is 1. The number of hydrogen-bond acceptors (Lipinski definition) is 3. The molecule has 0 atom stereocenters. The minimum atomic E-state index is 0.708. The molecular formula is C15H19N3. The van der Waals surface area contributed by atoms with Crippen LogP contribution in [0.15, 0.2) is 36.5 Å². The lowest BCUT2D eigenvalue weighted by molar-refractivity contribution is 0.414. The fraction of sp³-hybridized carbons (Fsp3) is 0.400. The average molecular weight is 241 g/mol. The first-order valence-corrected chi connectivity index (χ1v) is 6.66. The third-order valence-corrected chi connectivity index (χ3v) is 3.90. The number of fused-ring (bicyclic) bond motifs is 1. The number of piperidine rings is 1. The highest BCUT2D eigenvalue weighted by Crippen LogP contribution is 2.25. The average Bonchev–Trinajstić information content (AvgIpc) is 2.47. The van der Waals surface area contributed by atoms with E-state index in [1.165, 1.54) is 23.9 Å². The Morgan fingerprint density at radius 1 is 1.22 bits per heavy atom. The Morgan fingerprint density at radius 3 is 2.83 bits per heavy atom. The smallest absolute Gasteiger partial charge is 0.0722 e. The van der Waals surface area contributed by atoms with Gasteiger partial charge in [0.2, 0.25) is 0 Å². The van der Waals surface area contributed by atoms with Gasteiger partial charge in [0.1, 0.15) is 0 Å². The minimum Gasteiger partial charge on any atom is -0.371 e. The van der Waals surface area contributed by atoms with Crippen LogP contribution in [-0.4, -0.2) is 24.6 Å². The molecule has 3 heteroatoms. The Hall–Kier alpha value is -1.61. The largest absolute Gasteiger partial charge is 0.371 e. The molecule has 1 aliphatic heterocycles. The molecule has 2 heterocycles. The summed E-state index contributed by atoms with van der Waals surface area (Å²) in [5.41, 5.74) is 8.10. The van der Waals surface area contributed by atoms with Crippen LogP contribution in [0.5, 0.6) is 0 Å². The summed E-state index contributed by atoms with van der Waals surface area (Å²) in [6.07, 6.45) is 4.26. The van der Waals surface area contributed by atoms with E-state index in [9.17, 15) is 0 Å². The van der Waals surface area contributed by atoms with Crippen LogP contribution in [0.2, 0.25) is 0 Å². The Morgan fingerprint density at radius 2 is 2.06 bits per heavy atom. The lowest BCUT2D eigenvalue weighted by Gasteiger charge is -2.33. The number of anilines is 1. The molecule has 0 aliphatic carbocycles. The number of aromatic nitrogens is 1. The molecule has 0 amide bonds. The molecule has 1 saturated heterocycles. The van der Waals surface area contributed by atoms with E-state index in [2.05, 4.69) is 34.1 Å². The van der Waals surface area contributed by atoms with E-state index in [1.807, 2.05) is 12.3 Å². The van der Waals surface area contributed by atoms with Gasteiger partial charge in [-0.25, -0.2) is 0 Å². The van der Waals surface area contributed by atoms with Crippen molar-refractivity contribution in [3.63, 3.8) is 0 Å². The summed E-state index contributed by atoms with van der Waals surface area (Å²) in [6, 6.07) is 10.6. The van der Waals surface area contributed by atoms with Crippen molar-refractivity contribution in [1.82, 2.24) is 4.98 Å². The topological polar surface area (TPSA) is 42.1 Å². The molecule has 2 aromatic rings. The van der Waals surface area contributed by atoms with Crippen LogP contribution in [0.1, 0.15) is 12.8 Å². The Labute approximate surface area is 108 Å². The van der Waals surface area contributed by atoms with Gasteiger partial charge in [0.05, 0.1) is 5.52 Å². The number of nitrogens with two attached hydrogens (primary N) is 1. The number of nitrogens with zero attached hydrogens (tertiary/aromatic N) is 2. The molecule has 0 saturated carbocycles. The van der Waals surface area contributed by atoms with E-state index in [0.717, 1.165) is 25.2 Å². The first kappa shape index (κ1) is 11.5. The van der Waals surface area contributed by atoms with Crippen molar-refractivity contribution in [3.8, 4) is 0 Å². The van der Waals surface area contributed by atoms with Gasteiger partial charge in [-0.15, -0.1) is 0 Å². The molecule has 1 aromatic heterocycles. The monoisotopic (exact) mass is 241 g/mol. The molecule has 1 fully saturated rings. The molecule has 18 heavy (non-hydrogen) atoms. The van der Waals surface area contributed by atoms with Crippen molar-refractivity contribution in [2.45, 2.75) is 12.8 Å². The molecule has 2 N–H and O–H groups in total. The van der Waals surface area contributed by atoms with E-state index >= 15 is 0 Å². The second-order valence-corrected chi connectivity index (χ2v) is 5.05. The molecule has 0 bridgehead atoms. The minimum absolute atomic E-state index is 0.708. The van der Waals surface area contributed by atoms with Gasteiger partial charge >= 0.3 is 0 Å². The van der Waals surface area contributed by atoms with Crippen LogP contribution >= 0.6 is 0 Å². The standard InChI is InChI=1S/C15H19N3/c16-11-12-5-8-18(9-6-12)14-4-3-13-2-1-7-17-15(13)10-14/h1-4,7,10,12H,5-6,8-9,11,16H2. The maximum absolute atomic E-state index is 5.73. The van der Waals surface area contributed by atoms with Crippen molar-refractivity contribution >= 4 is 16.6 Å². The molecule has 0 spiro atoms. The quantitative estimate of drug-likeness (QED) is 0.878. The van der Waals surface area contributed by atoms with Crippen molar-refractivity contribution in [1.29, 1.82) is 0 Å². The van der Waals surface area contributed by atoms with Crippen LogP contribution in [0.3, 0.4) is 0 Å². The molecule has 94 valence electrons. The fourth-order valence-electron chi connectivity index (χ4n) is 2.68. The lowest BCUT2D eigenvalue weighted by Crippen LogP contribution is -2.36. The summed E-state index contributed by atoms with van der Waals surface area (Å²) in [4.78, 5) is 6.87. The van der Waals surface area contributed by atoms with Gasteiger partial charge in [0.15, 0.2) is 0 Å². The second kappa shape index (κ2) is 4.94. The maximum Gasteiger partial charge on any atom is 0.0722 e. The molecular weight excluding hydrogens is 222 g/mol. The zero-order valence-electron chi connectivity index (χ0n) is 10.5. The van der Waals surface area contributed by atoms with E-state index in [1.54, 1.807) is 0 Å². The van der Waals surface area contributed by atoms with Gasteiger partial charge in [-0.3, -0.25) is 4.98 Å². The molecule has 1 aromatic carbocycles. The molecule has 3 rings (SSSR count). The van der Waals surface area contributed by atoms with E-state index in [0.29, 0.717) is 5.92 Å². The van der Waals surface area contributed by atoms with Crippen molar-refractivity contribution in [2.75, 3.05) is 24.5 Å². The predicted molar refractivity (Wildman–Crippen MR) is 75.7 cm³/mol. The Bertz CT molecular complexity index is 530. The van der Waals surface area contributed by atoms with Gasteiger partial charge < -0.3 is 10.6 Å². The van der Waals surface area contributed by atoms with Gasteiger partial charge in [0.25, 0.3) is 0 Å². The van der Waals surface area contributed by atoms with Gasteiger partial charge in [-0.1, -0.05) is 12.1 Å². The third kappa shape index (κ3) is 2.18. The zero-order chi connectivity index (χ0) is 12.4. The lowest BCUT2D eigenvalue weighted by atomic mass is 9.96. The predicted octanol–water partition coefficient (Wildman–Crippen LogP) is 2.41. The van der Waals surface area contributed by atoms with Crippen LogP contribution < -0.4 is 10.6 Å². The summed E-state index contributed by atoms with van der Waals surface area (Å²) >= 11 is 0. The zero-order valence-corrected chi connectivity index (χ0v) is 10.5. The number of pyridine rings is 1. The van der Waals surface area contributed by atoms with E-state index < -0.39 is 0 Å². The molecule has 0 radical (unpaired) electrons. The highest BCUT2D eigenvalue weighted by atomic mass is 15.1. The summed E-state index contributed by atoms with van der Waals surface area (Å²) in [5, 5.41) is 1.21. The fourth-order valence-corrected chi connectivity index (χ4v) is 2.68. The Kier molecular flexibility index (Phi) is 3.15. The molecule has 1 aliphatic rings. The molecule has 0 unspecified atom stereocenters. The van der Waals surface area contributed by atoms with Crippen molar-refractivity contribution < 1.29 is 0 Å². The SMILES string of the molecule is NCC1CCN(c2ccc3cccnc3c2)CC1. The van der Waals surface area contributed by atoms with Crippen LogP contribution in [-0.2, 0) is 0 Å². The normalized spacial score (nSPS) is 17.3. The first-order valence-electron chi connectivity index (χ1n) is 6.66. The van der Waals surface area contributed by atoms with Crippen LogP contribution in [0.4, 0.5) is 5.69 Å². The summed E-state index contributed by atoms with van der Waals surface area (Å²) in [7, 11) is 0. The molecule has 3 nitrogen and oxygen atoms in total. The summed E-state index contributed by atoms with van der Waals surface area (Å²) in [6.45, 7) is 3.05. The third-order valence-electron chi connectivity index (χ3n) is 3.90. The van der Waals surface area contributed by atoms with Crippen molar-refractivity contribution in [3.05, 3.63) is 36.5 Å². The van der Waals surface area contributed by atoms with Crippen LogP contribution in [0.25, 0.3) is 10.9 Å². The number of benzene rings is 1. The first-order chi connectivity index (χ1) is 8.86. The summed E-state index contributed by atoms with van der Waals surface area (Å²) in [5.74, 6) is 0.708. The maximum atomic E-state index is 5.73. The Balaban J connectivity index is 1.82. The van der Waals surface area contributed by atoms with Crippen LogP contribution in [0, 0.1) is 5.92 Å². The highest BCUT2D eigenvalue weighted by molar-refractivity contribution is 5.82. The second-order valence-electron chi connectivity index (χ2n) is 5.05. The number of rotatable bonds is 2.